The molecule has 0 radical (unpaired) electrons. The quantitative estimate of drug-likeness (QED) is 0.736. The Kier molecular flexibility index (Phi) is 6.66. The highest BCUT2D eigenvalue weighted by Crippen LogP contribution is 2.19. The number of hydrogen-bond acceptors (Lipinski definition) is 4. The van der Waals surface area contributed by atoms with Crippen molar-refractivity contribution in [2.24, 2.45) is 0 Å². The average molecular weight is 354 g/mol. The van der Waals surface area contributed by atoms with Gasteiger partial charge in [-0.3, -0.25) is 9.88 Å². The summed E-state index contributed by atoms with van der Waals surface area (Å²) in [6, 6.07) is 8.26. The van der Waals surface area contributed by atoms with Crippen molar-refractivity contribution in [2.75, 3.05) is 19.6 Å². The van der Waals surface area contributed by atoms with E-state index in [1.165, 1.54) is 9.35 Å². The Bertz CT molecular complexity index is 501. The summed E-state index contributed by atoms with van der Waals surface area (Å²) in [6.07, 6.45) is 1.86. The molecule has 0 fully saturated rings. The number of likely N-dealkylation sites (N-methyl/N-ethyl adjacent to an activating group) is 1. The first-order valence-electron chi connectivity index (χ1n) is 6.84. The highest BCUT2D eigenvalue weighted by molar-refractivity contribution is 9.10. The second-order valence-corrected chi connectivity index (χ2v) is 6.51. The van der Waals surface area contributed by atoms with Crippen LogP contribution < -0.4 is 5.32 Å². The molecule has 108 valence electrons. The van der Waals surface area contributed by atoms with Crippen molar-refractivity contribution in [3.8, 4) is 0 Å². The van der Waals surface area contributed by atoms with Crippen molar-refractivity contribution in [1.29, 1.82) is 0 Å². The van der Waals surface area contributed by atoms with Gasteiger partial charge in [-0.05, 0) is 40.7 Å². The molecule has 20 heavy (non-hydrogen) atoms. The molecular formula is C15H20BrN3S. The zero-order valence-electron chi connectivity index (χ0n) is 11.7. The monoisotopic (exact) mass is 353 g/mol. The maximum absolute atomic E-state index is 4.38. The molecule has 0 atom stereocenters. The van der Waals surface area contributed by atoms with Gasteiger partial charge < -0.3 is 5.32 Å². The molecule has 0 saturated carbocycles. The molecule has 0 aromatic carbocycles. The third-order valence-electron chi connectivity index (χ3n) is 3.08. The number of thiophene rings is 1. The molecule has 0 aliphatic rings. The Morgan fingerprint density at radius 3 is 2.95 bits per heavy atom. The van der Waals surface area contributed by atoms with Gasteiger partial charge in [0.2, 0.25) is 0 Å². The fourth-order valence-corrected chi connectivity index (χ4v) is 3.39. The highest BCUT2D eigenvalue weighted by Gasteiger charge is 2.04. The maximum atomic E-state index is 4.38. The molecule has 0 aliphatic carbocycles. The second kappa shape index (κ2) is 8.52. The molecule has 2 rings (SSSR count). The Morgan fingerprint density at radius 1 is 1.40 bits per heavy atom. The lowest BCUT2D eigenvalue weighted by Gasteiger charge is -2.20. The van der Waals surface area contributed by atoms with Gasteiger partial charge in [0.25, 0.3) is 0 Å². The van der Waals surface area contributed by atoms with Gasteiger partial charge in [0, 0.05) is 47.1 Å². The predicted molar refractivity (Wildman–Crippen MR) is 88.9 cm³/mol. The van der Waals surface area contributed by atoms with E-state index in [2.05, 4.69) is 55.6 Å². The van der Waals surface area contributed by atoms with Crippen LogP contribution in [0.3, 0.4) is 0 Å². The lowest BCUT2D eigenvalue weighted by Crippen LogP contribution is -2.31. The number of halogens is 1. The normalized spacial score (nSPS) is 11.2. The van der Waals surface area contributed by atoms with E-state index in [9.17, 15) is 0 Å². The van der Waals surface area contributed by atoms with Gasteiger partial charge in [0.1, 0.15) is 0 Å². The van der Waals surface area contributed by atoms with Crippen LogP contribution in [0.5, 0.6) is 0 Å². The molecule has 0 unspecified atom stereocenters. The zero-order valence-corrected chi connectivity index (χ0v) is 14.1. The van der Waals surface area contributed by atoms with E-state index in [4.69, 9.17) is 0 Å². The van der Waals surface area contributed by atoms with Crippen LogP contribution in [-0.4, -0.2) is 29.5 Å². The topological polar surface area (TPSA) is 28.2 Å². The summed E-state index contributed by atoms with van der Waals surface area (Å²) in [7, 11) is 0. The summed E-state index contributed by atoms with van der Waals surface area (Å²) in [5.41, 5.74) is 1.14. The third-order valence-corrected chi connectivity index (χ3v) is 4.78. The molecule has 2 aromatic rings. The summed E-state index contributed by atoms with van der Waals surface area (Å²) in [5.74, 6) is 0. The smallest absolute Gasteiger partial charge is 0.0543 e. The van der Waals surface area contributed by atoms with Crippen LogP contribution in [0.2, 0.25) is 0 Å². The second-order valence-electron chi connectivity index (χ2n) is 4.60. The fourth-order valence-electron chi connectivity index (χ4n) is 1.96. The van der Waals surface area contributed by atoms with Gasteiger partial charge in [-0.15, -0.1) is 11.3 Å². The number of nitrogens with one attached hydrogen (secondary N) is 1. The number of nitrogens with zero attached hydrogens (tertiary/aromatic N) is 2. The van der Waals surface area contributed by atoms with Crippen LogP contribution in [0.1, 0.15) is 17.5 Å². The summed E-state index contributed by atoms with van der Waals surface area (Å²) >= 11 is 5.26. The number of pyridine rings is 1. The van der Waals surface area contributed by atoms with Crippen molar-refractivity contribution in [3.05, 3.63) is 50.9 Å². The molecule has 5 heteroatoms. The molecule has 3 nitrogen and oxygen atoms in total. The average Bonchev–Trinajstić information content (AvgIpc) is 2.89. The summed E-state index contributed by atoms with van der Waals surface area (Å²) in [4.78, 5) is 8.15. The van der Waals surface area contributed by atoms with Crippen LogP contribution in [0.4, 0.5) is 0 Å². The Morgan fingerprint density at radius 2 is 2.30 bits per heavy atom. The number of rotatable bonds is 8. The first-order chi connectivity index (χ1) is 9.78. The van der Waals surface area contributed by atoms with E-state index in [-0.39, 0.29) is 0 Å². The van der Waals surface area contributed by atoms with Crippen LogP contribution in [0.15, 0.2) is 40.3 Å². The summed E-state index contributed by atoms with van der Waals surface area (Å²) < 4.78 is 1.17. The lowest BCUT2D eigenvalue weighted by atomic mass is 10.3. The van der Waals surface area contributed by atoms with Gasteiger partial charge in [-0.1, -0.05) is 13.0 Å². The maximum Gasteiger partial charge on any atom is 0.0543 e. The Labute approximate surface area is 133 Å². The molecule has 0 saturated heterocycles. The van der Waals surface area contributed by atoms with E-state index in [0.29, 0.717) is 0 Å². The van der Waals surface area contributed by atoms with E-state index < -0.39 is 0 Å². The highest BCUT2D eigenvalue weighted by atomic mass is 79.9. The molecule has 2 heterocycles. The van der Waals surface area contributed by atoms with E-state index >= 15 is 0 Å². The van der Waals surface area contributed by atoms with Gasteiger partial charge in [0.05, 0.1) is 5.69 Å². The molecule has 0 bridgehead atoms. The van der Waals surface area contributed by atoms with Crippen molar-refractivity contribution in [2.45, 2.75) is 20.0 Å². The molecule has 0 aliphatic heterocycles. The standard InChI is InChI=1S/C15H20BrN3S/c1-2-19(11-14-5-3-4-6-18-14)8-7-17-10-15-9-13(16)12-20-15/h3-6,9,12,17H,2,7-8,10-11H2,1H3. The van der Waals surface area contributed by atoms with E-state index in [0.717, 1.165) is 38.4 Å². The van der Waals surface area contributed by atoms with Crippen LogP contribution in [-0.2, 0) is 13.1 Å². The Balaban J connectivity index is 1.68. The molecule has 2 aromatic heterocycles. The van der Waals surface area contributed by atoms with Gasteiger partial charge >= 0.3 is 0 Å². The Hall–Kier alpha value is -0.750. The molecule has 1 N–H and O–H groups in total. The lowest BCUT2D eigenvalue weighted by molar-refractivity contribution is 0.276. The van der Waals surface area contributed by atoms with Crippen LogP contribution in [0, 0.1) is 0 Å². The minimum Gasteiger partial charge on any atom is -0.311 e. The van der Waals surface area contributed by atoms with Crippen molar-refractivity contribution in [1.82, 2.24) is 15.2 Å². The molecule has 0 amide bonds. The van der Waals surface area contributed by atoms with E-state index in [1.54, 1.807) is 11.3 Å². The van der Waals surface area contributed by atoms with Gasteiger partial charge in [-0.2, -0.15) is 0 Å². The number of aromatic nitrogens is 1. The van der Waals surface area contributed by atoms with Crippen molar-refractivity contribution in [3.63, 3.8) is 0 Å². The van der Waals surface area contributed by atoms with Crippen LogP contribution >= 0.6 is 27.3 Å². The third kappa shape index (κ3) is 5.32. The molecule has 0 spiro atoms. The zero-order chi connectivity index (χ0) is 14.2. The molecular weight excluding hydrogens is 334 g/mol. The first-order valence-corrected chi connectivity index (χ1v) is 8.51. The van der Waals surface area contributed by atoms with Crippen molar-refractivity contribution < 1.29 is 0 Å². The SMILES string of the molecule is CCN(CCNCc1cc(Br)cs1)Cc1ccccn1. The van der Waals surface area contributed by atoms with Gasteiger partial charge in [0.15, 0.2) is 0 Å². The minimum atomic E-state index is 0.920. The van der Waals surface area contributed by atoms with Crippen LogP contribution in [0.25, 0.3) is 0 Å². The summed E-state index contributed by atoms with van der Waals surface area (Å²) in [5, 5.41) is 5.61. The first kappa shape index (κ1) is 15.6. The predicted octanol–water partition coefficient (Wildman–Crippen LogP) is 3.52. The largest absolute Gasteiger partial charge is 0.311 e. The van der Waals surface area contributed by atoms with E-state index in [1.807, 2.05) is 18.3 Å². The fraction of sp³-hybridized carbons (Fsp3) is 0.400. The number of hydrogen-bond donors (Lipinski definition) is 1. The van der Waals surface area contributed by atoms with Crippen molar-refractivity contribution >= 4 is 27.3 Å². The minimum absolute atomic E-state index is 0.920. The summed E-state index contributed by atoms with van der Waals surface area (Å²) in [6.45, 7) is 7.14. The van der Waals surface area contributed by atoms with Gasteiger partial charge in [-0.25, -0.2) is 0 Å².